The van der Waals surface area contributed by atoms with Crippen LogP contribution in [0.5, 0.6) is 5.75 Å². The van der Waals surface area contributed by atoms with E-state index >= 15 is 0 Å². The zero-order valence-electron chi connectivity index (χ0n) is 17.2. The van der Waals surface area contributed by atoms with Crippen molar-refractivity contribution in [3.63, 3.8) is 0 Å². The first-order chi connectivity index (χ1) is 14.1. The molecule has 0 atom stereocenters. The van der Waals surface area contributed by atoms with Crippen LogP contribution in [0.3, 0.4) is 0 Å². The van der Waals surface area contributed by atoms with Gasteiger partial charge in [-0.15, -0.1) is 0 Å². The largest absolute Gasteiger partial charge is 0.497 e. The van der Waals surface area contributed by atoms with Crippen LogP contribution in [-0.4, -0.2) is 61.4 Å². The second-order valence-electron chi connectivity index (χ2n) is 7.33. The Morgan fingerprint density at radius 3 is 2.59 bits per heavy atom. The number of rotatable bonds is 7. The summed E-state index contributed by atoms with van der Waals surface area (Å²) in [6.07, 6.45) is 0.321. The summed E-state index contributed by atoms with van der Waals surface area (Å²) in [4.78, 5) is 29.5. The van der Waals surface area contributed by atoms with Crippen LogP contribution in [0.15, 0.2) is 48.5 Å². The molecule has 1 fully saturated rings. The molecule has 0 saturated carbocycles. The van der Waals surface area contributed by atoms with Gasteiger partial charge in [0.05, 0.1) is 7.11 Å². The van der Waals surface area contributed by atoms with Gasteiger partial charge in [-0.1, -0.05) is 35.9 Å². The molecule has 0 aromatic heterocycles. The summed E-state index contributed by atoms with van der Waals surface area (Å²) >= 11 is 0. The minimum atomic E-state index is -0.0986. The molecule has 0 spiro atoms. The van der Waals surface area contributed by atoms with Crippen LogP contribution < -0.4 is 10.1 Å². The molecule has 29 heavy (non-hydrogen) atoms. The smallest absolute Gasteiger partial charge is 0.254 e. The predicted octanol–water partition coefficient (Wildman–Crippen LogP) is 2.47. The van der Waals surface area contributed by atoms with Gasteiger partial charge in [0, 0.05) is 51.3 Å². The summed E-state index contributed by atoms with van der Waals surface area (Å²) in [6.45, 7) is 5.97. The van der Waals surface area contributed by atoms with E-state index in [1.165, 1.54) is 0 Å². The molecule has 2 amide bonds. The molecule has 6 heteroatoms. The topological polar surface area (TPSA) is 61.9 Å². The maximum atomic E-state index is 13.2. The van der Waals surface area contributed by atoms with Gasteiger partial charge < -0.3 is 19.9 Å². The Kier molecular flexibility index (Phi) is 7.25. The van der Waals surface area contributed by atoms with Crippen LogP contribution in [-0.2, 0) is 11.3 Å². The number of hydrogen-bond acceptors (Lipinski definition) is 4. The molecule has 1 saturated heterocycles. The molecule has 1 aliphatic rings. The number of piperazine rings is 1. The van der Waals surface area contributed by atoms with Crippen molar-refractivity contribution in [2.45, 2.75) is 19.9 Å². The third-order valence-corrected chi connectivity index (χ3v) is 5.13. The molecule has 0 bridgehead atoms. The Hall–Kier alpha value is -2.86. The molecule has 3 rings (SSSR count). The van der Waals surface area contributed by atoms with Crippen molar-refractivity contribution in [2.24, 2.45) is 0 Å². The standard InChI is InChI=1S/C23H29N3O3/c1-18-5-3-6-19(15-18)17-26(12-9-22(27)25-13-10-24-11-14-25)23(28)20-7-4-8-21(16-20)29-2/h3-8,15-16,24H,9-14,17H2,1-2H3. The van der Waals surface area contributed by atoms with Gasteiger partial charge in [-0.05, 0) is 30.7 Å². The van der Waals surface area contributed by atoms with E-state index < -0.39 is 0 Å². The second-order valence-corrected chi connectivity index (χ2v) is 7.33. The Morgan fingerprint density at radius 2 is 1.86 bits per heavy atom. The van der Waals surface area contributed by atoms with Crippen LogP contribution in [0.4, 0.5) is 0 Å². The third-order valence-electron chi connectivity index (χ3n) is 5.13. The van der Waals surface area contributed by atoms with E-state index in [1.54, 1.807) is 24.1 Å². The number of hydrogen-bond donors (Lipinski definition) is 1. The predicted molar refractivity (Wildman–Crippen MR) is 113 cm³/mol. The number of nitrogens with one attached hydrogen (secondary N) is 1. The van der Waals surface area contributed by atoms with Gasteiger partial charge in [-0.25, -0.2) is 0 Å². The van der Waals surface area contributed by atoms with Gasteiger partial charge in [0.15, 0.2) is 0 Å². The van der Waals surface area contributed by atoms with E-state index in [1.807, 2.05) is 42.2 Å². The van der Waals surface area contributed by atoms with Gasteiger partial charge in [-0.3, -0.25) is 9.59 Å². The number of nitrogens with zero attached hydrogens (tertiary/aromatic N) is 2. The van der Waals surface area contributed by atoms with Gasteiger partial charge in [0.1, 0.15) is 5.75 Å². The van der Waals surface area contributed by atoms with Crippen LogP contribution in [0.25, 0.3) is 0 Å². The Labute approximate surface area is 172 Å². The molecule has 0 aliphatic carbocycles. The van der Waals surface area contributed by atoms with Crippen LogP contribution in [0, 0.1) is 6.92 Å². The molecule has 154 valence electrons. The monoisotopic (exact) mass is 395 g/mol. The van der Waals surface area contributed by atoms with E-state index in [9.17, 15) is 9.59 Å². The molecule has 2 aromatic rings. The fourth-order valence-electron chi connectivity index (χ4n) is 3.52. The van der Waals surface area contributed by atoms with E-state index in [0.29, 0.717) is 30.8 Å². The van der Waals surface area contributed by atoms with Crippen molar-refractivity contribution < 1.29 is 14.3 Å². The average Bonchev–Trinajstić information content (AvgIpc) is 2.76. The summed E-state index contributed by atoms with van der Waals surface area (Å²) in [7, 11) is 1.58. The Morgan fingerprint density at radius 1 is 1.10 bits per heavy atom. The van der Waals surface area contributed by atoms with Crippen LogP contribution in [0.1, 0.15) is 27.9 Å². The molecule has 2 aromatic carbocycles. The summed E-state index contributed by atoms with van der Waals surface area (Å²) in [5, 5.41) is 3.25. The number of methoxy groups -OCH3 is 1. The highest BCUT2D eigenvalue weighted by Gasteiger charge is 2.21. The second kappa shape index (κ2) is 10.1. The summed E-state index contributed by atoms with van der Waals surface area (Å²) < 4.78 is 5.26. The summed E-state index contributed by atoms with van der Waals surface area (Å²) in [5.41, 5.74) is 2.76. The fourth-order valence-corrected chi connectivity index (χ4v) is 3.52. The first kappa shape index (κ1) is 20.9. The molecule has 6 nitrogen and oxygen atoms in total. The van der Waals surface area contributed by atoms with Crippen LogP contribution in [0.2, 0.25) is 0 Å². The lowest BCUT2D eigenvalue weighted by molar-refractivity contribution is -0.132. The van der Waals surface area contributed by atoms with E-state index in [2.05, 4.69) is 11.4 Å². The molecule has 0 radical (unpaired) electrons. The van der Waals surface area contributed by atoms with Crippen molar-refractivity contribution in [3.05, 3.63) is 65.2 Å². The molecular formula is C23H29N3O3. The van der Waals surface area contributed by atoms with Crippen molar-refractivity contribution >= 4 is 11.8 Å². The third kappa shape index (κ3) is 5.81. The number of benzene rings is 2. The highest BCUT2D eigenvalue weighted by atomic mass is 16.5. The van der Waals surface area contributed by atoms with Crippen molar-refractivity contribution in [2.75, 3.05) is 39.8 Å². The van der Waals surface area contributed by atoms with E-state index in [-0.39, 0.29) is 11.8 Å². The summed E-state index contributed by atoms with van der Waals surface area (Å²) in [5.74, 6) is 0.640. The fraction of sp³-hybridized carbons (Fsp3) is 0.391. The van der Waals surface area contributed by atoms with E-state index in [4.69, 9.17) is 4.74 Å². The maximum absolute atomic E-state index is 13.2. The number of aryl methyl sites for hydroxylation is 1. The number of ether oxygens (including phenoxy) is 1. The lowest BCUT2D eigenvalue weighted by atomic mass is 10.1. The SMILES string of the molecule is COc1cccc(C(=O)N(CCC(=O)N2CCNCC2)Cc2cccc(C)c2)c1. The molecule has 1 N–H and O–H groups in total. The first-order valence-corrected chi connectivity index (χ1v) is 10.0. The average molecular weight is 396 g/mol. The molecule has 0 unspecified atom stereocenters. The lowest BCUT2D eigenvalue weighted by Gasteiger charge is -2.29. The summed E-state index contributed by atoms with van der Waals surface area (Å²) in [6, 6.07) is 15.3. The lowest BCUT2D eigenvalue weighted by Crippen LogP contribution is -2.47. The highest BCUT2D eigenvalue weighted by Crippen LogP contribution is 2.17. The number of carbonyl (C=O) groups is 2. The Balaban J connectivity index is 1.74. The zero-order valence-corrected chi connectivity index (χ0v) is 17.2. The number of amides is 2. The van der Waals surface area contributed by atoms with Gasteiger partial charge >= 0.3 is 0 Å². The minimum absolute atomic E-state index is 0.0965. The Bertz CT molecular complexity index is 847. The van der Waals surface area contributed by atoms with Gasteiger partial charge in [0.25, 0.3) is 5.91 Å². The molecule has 1 heterocycles. The quantitative estimate of drug-likeness (QED) is 0.782. The number of carbonyl (C=O) groups excluding carboxylic acids is 2. The first-order valence-electron chi connectivity index (χ1n) is 10.0. The van der Waals surface area contributed by atoms with Crippen molar-refractivity contribution in [1.82, 2.24) is 15.1 Å². The van der Waals surface area contributed by atoms with Crippen LogP contribution >= 0.6 is 0 Å². The molecule has 1 aliphatic heterocycles. The maximum Gasteiger partial charge on any atom is 0.254 e. The minimum Gasteiger partial charge on any atom is -0.497 e. The van der Waals surface area contributed by atoms with Crippen molar-refractivity contribution in [1.29, 1.82) is 0 Å². The van der Waals surface area contributed by atoms with Gasteiger partial charge in [0.2, 0.25) is 5.91 Å². The highest BCUT2D eigenvalue weighted by molar-refractivity contribution is 5.94. The van der Waals surface area contributed by atoms with Crippen molar-refractivity contribution in [3.8, 4) is 5.75 Å². The van der Waals surface area contributed by atoms with Gasteiger partial charge in [-0.2, -0.15) is 0 Å². The zero-order chi connectivity index (χ0) is 20.6. The van der Waals surface area contributed by atoms with E-state index in [0.717, 1.165) is 37.3 Å². The normalized spacial score (nSPS) is 13.8. The molecular weight excluding hydrogens is 366 g/mol.